The van der Waals surface area contributed by atoms with Crippen LogP contribution in [0.25, 0.3) is 0 Å². The summed E-state index contributed by atoms with van der Waals surface area (Å²) in [6.07, 6.45) is 0.825. The van der Waals surface area contributed by atoms with Crippen molar-refractivity contribution in [1.82, 2.24) is 10.2 Å². The van der Waals surface area contributed by atoms with Gasteiger partial charge in [0.2, 0.25) is 5.13 Å². The molecule has 0 spiro atoms. The Hall–Kier alpha value is -1.27. The zero-order chi connectivity index (χ0) is 12.3. The number of hydrogen-bond donors (Lipinski definition) is 1. The number of halogens is 1. The van der Waals surface area contributed by atoms with Crippen molar-refractivity contribution in [3.05, 3.63) is 39.3 Å². The normalized spacial score (nSPS) is 10.2. The maximum Gasteiger partial charge on any atom is 0.257 e. The van der Waals surface area contributed by atoms with Gasteiger partial charge in [0.05, 0.1) is 0 Å². The molecule has 6 heteroatoms. The first kappa shape index (κ1) is 12.2. The second-order valence-corrected chi connectivity index (χ2v) is 5.29. The van der Waals surface area contributed by atoms with Gasteiger partial charge in [-0.2, -0.15) is 0 Å². The fourth-order valence-corrected chi connectivity index (χ4v) is 2.16. The molecule has 0 aliphatic heterocycles. The van der Waals surface area contributed by atoms with Crippen LogP contribution in [0, 0.1) is 0 Å². The van der Waals surface area contributed by atoms with E-state index in [1.807, 2.05) is 19.1 Å². The van der Waals surface area contributed by atoms with E-state index >= 15 is 0 Å². The van der Waals surface area contributed by atoms with Gasteiger partial charge in [0.1, 0.15) is 5.01 Å². The van der Waals surface area contributed by atoms with E-state index in [-0.39, 0.29) is 5.91 Å². The molecular formula is C11H10BrN3OS. The number of anilines is 1. The van der Waals surface area contributed by atoms with E-state index in [2.05, 4.69) is 31.4 Å². The van der Waals surface area contributed by atoms with Gasteiger partial charge in [-0.15, -0.1) is 10.2 Å². The van der Waals surface area contributed by atoms with E-state index in [0.717, 1.165) is 15.9 Å². The summed E-state index contributed by atoms with van der Waals surface area (Å²) in [5.41, 5.74) is 0.599. The second kappa shape index (κ2) is 5.37. The number of carbonyl (C=O) groups is 1. The zero-order valence-corrected chi connectivity index (χ0v) is 11.5. The molecule has 0 saturated heterocycles. The second-order valence-electron chi connectivity index (χ2n) is 3.32. The summed E-state index contributed by atoms with van der Waals surface area (Å²) in [5, 5.41) is 12.0. The van der Waals surface area contributed by atoms with Crippen LogP contribution in [0.1, 0.15) is 22.3 Å². The summed E-state index contributed by atoms with van der Waals surface area (Å²) in [5.74, 6) is -0.170. The van der Waals surface area contributed by atoms with Gasteiger partial charge in [-0.05, 0) is 30.7 Å². The lowest BCUT2D eigenvalue weighted by Gasteiger charge is -2.00. The molecule has 0 aliphatic carbocycles. The topological polar surface area (TPSA) is 54.9 Å². The van der Waals surface area contributed by atoms with Gasteiger partial charge >= 0.3 is 0 Å². The molecule has 0 atom stereocenters. The van der Waals surface area contributed by atoms with Crippen molar-refractivity contribution in [3.8, 4) is 0 Å². The molecule has 0 radical (unpaired) electrons. The molecule has 2 aromatic rings. The highest BCUT2D eigenvalue weighted by Gasteiger charge is 2.09. The predicted molar refractivity (Wildman–Crippen MR) is 71.4 cm³/mol. The predicted octanol–water partition coefficient (Wildman–Crippen LogP) is 3.12. The molecule has 1 heterocycles. The van der Waals surface area contributed by atoms with Gasteiger partial charge in [-0.3, -0.25) is 10.1 Å². The van der Waals surface area contributed by atoms with Crippen LogP contribution >= 0.6 is 27.3 Å². The van der Waals surface area contributed by atoms with Crippen molar-refractivity contribution in [2.24, 2.45) is 0 Å². The molecule has 0 fully saturated rings. The largest absolute Gasteiger partial charge is 0.296 e. The Labute approximate surface area is 111 Å². The van der Waals surface area contributed by atoms with Crippen molar-refractivity contribution >= 4 is 38.3 Å². The minimum Gasteiger partial charge on any atom is -0.296 e. The summed E-state index contributed by atoms with van der Waals surface area (Å²) >= 11 is 4.72. The molecule has 0 aliphatic rings. The Morgan fingerprint density at radius 2 is 2.06 bits per heavy atom. The number of hydrogen-bond acceptors (Lipinski definition) is 4. The van der Waals surface area contributed by atoms with Crippen LogP contribution in [0.2, 0.25) is 0 Å². The molecule has 1 N–H and O–H groups in total. The molecule has 17 heavy (non-hydrogen) atoms. The highest BCUT2D eigenvalue weighted by Crippen LogP contribution is 2.17. The number of nitrogens with one attached hydrogen (secondary N) is 1. The van der Waals surface area contributed by atoms with Crippen molar-refractivity contribution in [1.29, 1.82) is 0 Å². The van der Waals surface area contributed by atoms with Gasteiger partial charge in [-0.25, -0.2) is 0 Å². The van der Waals surface area contributed by atoms with Gasteiger partial charge in [0, 0.05) is 10.0 Å². The van der Waals surface area contributed by atoms with Crippen molar-refractivity contribution in [3.63, 3.8) is 0 Å². The van der Waals surface area contributed by atoms with Gasteiger partial charge in [-0.1, -0.05) is 34.2 Å². The summed E-state index contributed by atoms with van der Waals surface area (Å²) in [6.45, 7) is 2.00. The minimum atomic E-state index is -0.170. The number of nitrogens with zero attached hydrogens (tertiary/aromatic N) is 2. The van der Waals surface area contributed by atoms with Crippen LogP contribution in [-0.4, -0.2) is 16.1 Å². The lowest BCUT2D eigenvalue weighted by Crippen LogP contribution is -2.11. The van der Waals surface area contributed by atoms with Crippen LogP contribution in [-0.2, 0) is 6.42 Å². The third kappa shape index (κ3) is 3.10. The average Bonchev–Trinajstić information content (AvgIpc) is 2.77. The lowest BCUT2D eigenvalue weighted by molar-refractivity contribution is 0.102. The molecular weight excluding hydrogens is 302 g/mol. The Morgan fingerprint density at radius 1 is 1.35 bits per heavy atom. The quantitative estimate of drug-likeness (QED) is 0.947. The summed E-state index contributed by atoms with van der Waals surface area (Å²) < 4.78 is 0.943. The van der Waals surface area contributed by atoms with E-state index in [1.54, 1.807) is 12.1 Å². The molecule has 1 amide bonds. The fourth-order valence-electron chi connectivity index (χ4n) is 1.22. The number of aryl methyl sites for hydroxylation is 1. The Kier molecular flexibility index (Phi) is 3.86. The van der Waals surface area contributed by atoms with Crippen molar-refractivity contribution in [2.75, 3.05) is 5.32 Å². The third-order valence-corrected chi connectivity index (χ3v) is 3.61. The van der Waals surface area contributed by atoms with E-state index in [1.165, 1.54) is 11.3 Å². The number of amides is 1. The number of benzene rings is 1. The molecule has 4 nitrogen and oxygen atoms in total. The van der Waals surface area contributed by atoms with Crippen molar-refractivity contribution in [2.45, 2.75) is 13.3 Å². The van der Waals surface area contributed by atoms with E-state index in [4.69, 9.17) is 0 Å². The highest BCUT2D eigenvalue weighted by molar-refractivity contribution is 9.10. The highest BCUT2D eigenvalue weighted by atomic mass is 79.9. The van der Waals surface area contributed by atoms with Crippen molar-refractivity contribution < 1.29 is 4.79 Å². The van der Waals surface area contributed by atoms with Crippen LogP contribution < -0.4 is 5.32 Å². The molecule has 0 bridgehead atoms. The minimum absolute atomic E-state index is 0.170. The summed E-state index contributed by atoms with van der Waals surface area (Å²) in [4.78, 5) is 11.8. The van der Waals surface area contributed by atoms with Gasteiger partial charge in [0.15, 0.2) is 0 Å². The Balaban J connectivity index is 2.08. The third-order valence-electron chi connectivity index (χ3n) is 2.10. The maximum absolute atomic E-state index is 11.8. The van der Waals surface area contributed by atoms with Crippen LogP contribution in [0.15, 0.2) is 28.7 Å². The first-order valence-electron chi connectivity index (χ1n) is 5.08. The summed E-state index contributed by atoms with van der Waals surface area (Å²) in [6, 6.07) is 7.15. The average molecular weight is 312 g/mol. The summed E-state index contributed by atoms with van der Waals surface area (Å²) in [7, 11) is 0. The van der Waals surface area contributed by atoms with E-state index in [0.29, 0.717) is 10.7 Å². The van der Waals surface area contributed by atoms with Crippen LogP contribution in [0.3, 0.4) is 0 Å². The molecule has 0 saturated carbocycles. The van der Waals surface area contributed by atoms with E-state index in [9.17, 15) is 4.79 Å². The Bertz CT molecular complexity index is 524. The maximum atomic E-state index is 11.8. The Morgan fingerprint density at radius 3 is 2.65 bits per heavy atom. The zero-order valence-electron chi connectivity index (χ0n) is 9.11. The van der Waals surface area contributed by atoms with E-state index < -0.39 is 0 Å². The lowest BCUT2D eigenvalue weighted by atomic mass is 10.2. The van der Waals surface area contributed by atoms with Gasteiger partial charge in [0.25, 0.3) is 5.91 Å². The number of aromatic nitrogens is 2. The first-order chi connectivity index (χ1) is 8.19. The first-order valence-corrected chi connectivity index (χ1v) is 6.69. The van der Waals surface area contributed by atoms with Crippen LogP contribution in [0.4, 0.5) is 5.13 Å². The monoisotopic (exact) mass is 311 g/mol. The SMILES string of the molecule is CCc1nnc(NC(=O)c2ccc(Br)cc2)s1. The smallest absolute Gasteiger partial charge is 0.257 e. The number of rotatable bonds is 3. The van der Waals surface area contributed by atoms with Gasteiger partial charge < -0.3 is 0 Å². The molecule has 0 unspecified atom stereocenters. The fraction of sp³-hybridized carbons (Fsp3) is 0.182. The molecule has 1 aromatic heterocycles. The molecule has 2 rings (SSSR count). The van der Waals surface area contributed by atoms with Crippen LogP contribution in [0.5, 0.6) is 0 Å². The standard InChI is InChI=1S/C11H10BrN3OS/c1-2-9-14-15-11(17-9)13-10(16)7-3-5-8(12)6-4-7/h3-6H,2H2,1H3,(H,13,15,16). The molecule has 88 valence electrons. The molecule has 1 aromatic carbocycles. The number of carbonyl (C=O) groups excluding carboxylic acids is 1.